The quantitative estimate of drug-likeness (QED) is 0.771. The average molecular weight is 399 g/mol. The number of sulfonamides is 1. The van der Waals surface area contributed by atoms with E-state index in [1.54, 1.807) is 18.2 Å². The number of methoxy groups -OCH3 is 1. The van der Waals surface area contributed by atoms with Crippen molar-refractivity contribution in [2.24, 2.45) is 0 Å². The lowest BCUT2D eigenvalue weighted by molar-refractivity contribution is -0.115. The third kappa shape index (κ3) is 4.01. The zero-order chi connectivity index (χ0) is 18.7. The third-order valence-electron chi connectivity index (χ3n) is 3.49. The van der Waals surface area contributed by atoms with E-state index in [1.165, 1.54) is 25.3 Å². The number of anilines is 1. The van der Waals surface area contributed by atoms with Crippen molar-refractivity contribution in [1.82, 2.24) is 4.72 Å². The number of hydrogen-bond donors (Lipinski definition) is 2. The van der Waals surface area contributed by atoms with Gasteiger partial charge in [0.05, 0.1) is 13.7 Å². The van der Waals surface area contributed by atoms with Gasteiger partial charge in [-0.25, -0.2) is 13.1 Å². The molecule has 0 radical (unpaired) electrons. The Morgan fingerprint density at radius 3 is 2.73 bits per heavy atom. The Balaban J connectivity index is 1.66. The highest BCUT2D eigenvalue weighted by molar-refractivity contribution is 7.89. The fourth-order valence-electron chi connectivity index (χ4n) is 2.28. The maximum Gasteiger partial charge on any atom is 0.244 e. The highest BCUT2D eigenvalue weighted by atomic mass is 35.5. The number of nitrogens with one attached hydrogen (secondary N) is 2. The molecule has 0 aliphatic carbocycles. The molecule has 3 rings (SSSR count). The standard InChI is InChI=1S/C16H15ClN2O6S/c1-23-13-4-2-10(17)6-15(13)26(21,22)18-8-16(20)19-11-3-5-12-14(7-11)25-9-24-12/h2-7,18H,8-9H2,1H3,(H,19,20). The summed E-state index contributed by atoms with van der Waals surface area (Å²) in [6, 6.07) is 9.06. The van der Waals surface area contributed by atoms with Gasteiger partial charge >= 0.3 is 0 Å². The molecule has 0 aromatic heterocycles. The minimum atomic E-state index is -3.99. The largest absolute Gasteiger partial charge is 0.495 e. The molecular formula is C16H15ClN2O6S. The zero-order valence-corrected chi connectivity index (χ0v) is 15.2. The van der Waals surface area contributed by atoms with E-state index in [-0.39, 0.29) is 22.5 Å². The Labute approximate surface area is 155 Å². The first kappa shape index (κ1) is 18.3. The number of hydrogen-bond acceptors (Lipinski definition) is 6. The van der Waals surface area contributed by atoms with Gasteiger partial charge < -0.3 is 19.5 Å². The molecule has 0 saturated carbocycles. The van der Waals surface area contributed by atoms with Crippen molar-refractivity contribution in [3.63, 3.8) is 0 Å². The van der Waals surface area contributed by atoms with E-state index in [1.807, 2.05) is 0 Å². The molecule has 1 heterocycles. The summed E-state index contributed by atoms with van der Waals surface area (Å²) in [7, 11) is -2.65. The molecule has 1 amide bonds. The van der Waals surface area contributed by atoms with Gasteiger partial charge in [0.2, 0.25) is 22.7 Å². The summed E-state index contributed by atoms with van der Waals surface area (Å²) in [5.74, 6) is 0.662. The van der Waals surface area contributed by atoms with Gasteiger partial charge in [-0.3, -0.25) is 4.79 Å². The number of halogens is 1. The van der Waals surface area contributed by atoms with Crippen LogP contribution >= 0.6 is 11.6 Å². The van der Waals surface area contributed by atoms with Crippen molar-refractivity contribution >= 4 is 33.2 Å². The topological polar surface area (TPSA) is 103 Å². The summed E-state index contributed by atoms with van der Waals surface area (Å²) in [5.41, 5.74) is 0.457. The van der Waals surface area contributed by atoms with Gasteiger partial charge in [0.1, 0.15) is 10.6 Å². The van der Waals surface area contributed by atoms with Crippen LogP contribution in [-0.2, 0) is 14.8 Å². The first-order valence-corrected chi connectivity index (χ1v) is 9.28. The van der Waals surface area contributed by atoms with Crippen molar-refractivity contribution in [3.8, 4) is 17.2 Å². The van der Waals surface area contributed by atoms with E-state index in [2.05, 4.69) is 10.0 Å². The summed E-state index contributed by atoms with van der Waals surface area (Å²) in [6.45, 7) is -0.347. The molecule has 0 saturated heterocycles. The number of rotatable bonds is 6. The highest BCUT2D eigenvalue weighted by Gasteiger charge is 2.21. The molecule has 138 valence electrons. The predicted octanol–water partition coefficient (Wildman–Crippen LogP) is 1.99. The molecule has 2 aromatic rings. The Bertz CT molecular complexity index is 948. The number of carbonyl (C=O) groups is 1. The molecule has 2 aromatic carbocycles. The number of benzene rings is 2. The van der Waals surface area contributed by atoms with E-state index >= 15 is 0 Å². The van der Waals surface area contributed by atoms with E-state index < -0.39 is 22.5 Å². The molecule has 26 heavy (non-hydrogen) atoms. The van der Waals surface area contributed by atoms with Crippen molar-refractivity contribution in [2.75, 3.05) is 25.8 Å². The Morgan fingerprint density at radius 1 is 1.19 bits per heavy atom. The molecular weight excluding hydrogens is 384 g/mol. The van der Waals surface area contributed by atoms with Crippen LogP contribution in [0.3, 0.4) is 0 Å². The van der Waals surface area contributed by atoms with Gasteiger partial charge in [0.15, 0.2) is 11.5 Å². The Hall–Kier alpha value is -2.49. The van der Waals surface area contributed by atoms with Crippen LogP contribution in [0, 0.1) is 0 Å². The number of amides is 1. The van der Waals surface area contributed by atoms with Crippen molar-refractivity contribution in [2.45, 2.75) is 4.90 Å². The van der Waals surface area contributed by atoms with Crippen LogP contribution in [0.5, 0.6) is 17.2 Å². The fraction of sp³-hybridized carbons (Fsp3) is 0.188. The molecule has 1 aliphatic rings. The third-order valence-corrected chi connectivity index (χ3v) is 5.15. The van der Waals surface area contributed by atoms with Crippen LogP contribution < -0.4 is 24.2 Å². The van der Waals surface area contributed by atoms with Gasteiger partial charge in [0, 0.05) is 16.8 Å². The lowest BCUT2D eigenvalue weighted by Crippen LogP contribution is -2.33. The zero-order valence-electron chi connectivity index (χ0n) is 13.6. The Morgan fingerprint density at radius 2 is 1.96 bits per heavy atom. The van der Waals surface area contributed by atoms with E-state index in [9.17, 15) is 13.2 Å². The molecule has 8 nitrogen and oxygen atoms in total. The van der Waals surface area contributed by atoms with Crippen LogP contribution in [0.15, 0.2) is 41.3 Å². The maximum atomic E-state index is 12.4. The first-order chi connectivity index (χ1) is 12.4. The minimum Gasteiger partial charge on any atom is -0.495 e. The fourth-order valence-corrected chi connectivity index (χ4v) is 3.69. The lowest BCUT2D eigenvalue weighted by atomic mass is 10.3. The molecule has 10 heteroatoms. The SMILES string of the molecule is COc1ccc(Cl)cc1S(=O)(=O)NCC(=O)Nc1ccc2c(c1)OCO2. The number of fused-ring (bicyclic) bond motifs is 1. The second-order valence-electron chi connectivity index (χ2n) is 5.24. The van der Waals surface area contributed by atoms with Gasteiger partial charge in [-0.15, -0.1) is 0 Å². The van der Waals surface area contributed by atoms with Crippen LogP contribution in [0.1, 0.15) is 0 Å². The molecule has 0 bridgehead atoms. The molecule has 1 aliphatic heterocycles. The summed E-state index contributed by atoms with van der Waals surface area (Å²) in [6.07, 6.45) is 0. The molecule has 2 N–H and O–H groups in total. The van der Waals surface area contributed by atoms with Gasteiger partial charge in [-0.05, 0) is 30.3 Å². The number of carbonyl (C=O) groups excluding carboxylic acids is 1. The summed E-state index contributed by atoms with van der Waals surface area (Å²) >= 11 is 5.85. The second kappa shape index (κ2) is 7.40. The van der Waals surface area contributed by atoms with Crippen LogP contribution in [0.4, 0.5) is 5.69 Å². The van der Waals surface area contributed by atoms with Crippen molar-refractivity contribution in [3.05, 3.63) is 41.4 Å². The minimum absolute atomic E-state index is 0.119. The monoisotopic (exact) mass is 398 g/mol. The lowest BCUT2D eigenvalue weighted by Gasteiger charge is -2.11. The van der Waals surface area contributed by atoms with E-state index in [0.717, 1.165) is 0 Å². The molecule has 0 spiro atoms. The Kier molecular flexibility index (Phi) is 5.21. The summed E-state index contributed by atoms with van der Waals surface area (Å²) in [5, 5.41) is 2.81. The van der Waals surface area contributed by atoms with Crippen LogP contribution in [-0.4, -0.2) is 34.8 Å². The van der Waals surface area contributed by atoms with Crippen LogP contribution in [0.25, 0.3) is 0 Å². The van der Waals surface area contributed by atoms with Gasteiger partial charge in [-0.1, -0.05) is 11.6 Å². The average Bonchev–Trinajstić information content (AvgIpc) is 3.08. The predicted molar refractivity (Wildman–Crippen MR) is 94.4 cm³/mol. The second-order valence-corrected chi connectivity index (χ2v) is 7.41. The summed E-state index contributed by atoms with van der Waals surface area (Å²) < 4.78 is 42.5. The molecule has 0 fully saturated rings. The summed E-state index contributed by atoms with van der Waals surface area (Å²) in [4.78, 5) is 11.9. The smallest absolute Gasteiger partial charge is 0.244 e. The van der Waals surface area contributed by atoms with Gasteiger partial charge in [-0.2, -0.15) is 0 Å². The van der Waals surface area contributed by atoms with Crippen molar-refractivity contribution in [1.29, 1.82) is 0 Å². The van der Waals surface area contributed by atoms with Crippen LogP contribution in [0.2, 0.25) is 5.02 Å². The normalized spacial score (nSPS) is 12.7. The molecule has 0 atom stereocenters. The molecule has 0 unspecified atom stereocenters. The van der Waals surface area contributed by atoms with E-state index in [0.29, 0.717) is 17.2 Å². The first-order valence-electron chi connectivity index (χ1n) is 7.42. The highest BCUT2D eigenvalue weighted by Crippen LogP contribution is 2.34. The van der Waals surface area contributed by atoms with Crippen molar-refractivity contribution < 1.29 is 27.4 Å². The van der Waals surface area contributed by atoms with Gasteiger partial charge in [0.25, 0.3) is 0 Å². The number of ether oxygens (including phenoxy) is 3. The van der Waals surface area contributed by atoms with E-state index in [4.69, 9.17) is 25.8 Å². The maximum absolute atomic E-state index is 12.4.